The van der Waals surface area contributed by atoms with Crippen LogP contribution in [0.2, 0.25) is 0 Å². The van der Waals surface area contributed by atoms with Crippen molar-refractivity contribution in [1.29, 1.82) is 5.41 Å². The minimum absolute atomic E-state index is 0.209. The molecule has 1 heterocycles. The summed E-state index contributed by atoms with van der Waals surface area (Å²) in [6.07, 6.45) is 2.93. The number of carbonyl (C=O) groups excluding carboxylic acids is 1. The maximum absolute atomic E-state index is 13.9. The molecule has 1 amide bonds. The Balaban J connectivity index is 1.91. The van der Waals surface area contributed by atoms with Gasteiger partial charge in [-0.25, -0.2) is 8.78 Å². The monoisotopic (exact) mass is 428 g/mol. The van der Waals surface area contributed by atoms with Crippen LogP contribution in [-0.2, 0) is 4.79 Å². The summed E-state index contributed by atoms with van der Waals surface area (Å²) in [4.78, 5) is 14.4. The zero-order valence-electron chi connectivity index (χ0n) is 17.0. The van der Waals surface area contributed by atoms with Gasteiger partial charge in [0.25, 0.3) is 0 Å². The Bertz CT molecular complexity index is 918. The number of hydrogen-bond acceptors (Lipinski definition) is 4. The normalized spacial score (nSPS) is 18.1. The molecule has 31 heavy (non-hydrogen) atoms. The average molecular weight is 428 g/mol. The van der Waals surface area contributed by atoms with Gasteiger partial charge in [-0.05, 0) is 61.1 Å². The third kappa shape index (κ3) is 5.76. The zero-order chi connectivity index (χ0) is 22.4. The SMILES string of the molecule is N=CC(O)/C(O)=C/C(=O)N1CCCCC1CC(c1cccc(F)c1)c1cccc(F)c1. The van der Waals surface area contributed by atoms with Crippen LogP contribution in [0.5, 0.6) is 0 Å². The fraction of sp³-hybridized carbons (Fsp3) is 0.333. The van der Waals surface area contributed by atoms with E-state index in [9.17, 15) is 23.8 Å². The quantitative estimate of drug-likeness (QED) is 0.349. The van der Waals surface area contributed by atoms with Crippen molar-refractivity contribution in [2.45, 2.75) is 43.7 Å². The second-order valence-corrected chi connectivity index (χ2v) is 7.76. The molecule has 0 radical (unpaired) electrons. The third-order valence-corrected chi connectivity index (χ3v) is 5.65. The lowest BCUT2D eigenvalue weighted by molar-refractivity contribution is -0.130. The summed E-state index contributed by atoms with van der Waals surface area (Å²) in [6.45, 7) is 0.479. The molecule has 3 rings (SSSR count). The van der Waals surface area contributed by atoms with E-state index in [0.717, 1.165) is 18.9 Å². The highest BCUT2D eigenvalue weighted by Gasteiger charge is 2.30. The number of rotatable bonds is 7. The number of benzene rings is 2. The summed E-state index contributed by atoms with van der Waals surface area (Å²) in [6, 6.07) is 12.2. The Kier molecular flexibility index (Phi) is 7.52. The van der Waals surface area contributed by atoms with Gasteiger partial charge in [-0.3, -0.25) is 4.79 Å². The van der Waals surface area contributed by atoms with Crippen LogP contribution in [0.25, 0.3) is 0 Å². The first-order valence-electron chi connectivity index (χ1n) is 10.3. The minimum Gasteiger partial charge on any atom is -0.509 e. The van der Waals surface area contributed by atoms with Crippen molar-refractivity contribution in [2.75, 3.05) is 6.54 Å². The molecule has 0 saturated carbocycles. The molecule has 7 heteroatoms. The first-order valence-corrected chi connectivity index (χ1v) is 10.3. The van der Waals surface area contributed by atoms with E-state index < -0.39 is 17.8 Å². The van der Waals surface area contributed by atoms with Gasteiger partial charge in [0.1, 0.15) is 23.5 Å². The van der Waals surface area contributed by atoms with Gasteiger partial charge in [0.05, 0.1) is 0 Å². The molecule has 0 aliphatic carbocycles. The fourth-order valence-corrected chi connectivity index (χ4v) is 4.10. The van der Waals surface area contributed by atoms with Gasteiger partial charge in [0.15, 0.2) is 0 Å². The molecule has 1 fully saturated rings. The molecule has 2 aromatic rings. The summed E-state index contributed by atoms with van der Waals surface area (Å²) in [5, 5.41) is 26.4. The number of aliphatic hydroxyl groups excluding tert-OH is 2. The Labute approximate surface area is 180 Å². The largest absolute Gasteiger partial charge is 0.509 e. The van der Waals surface area contributed by atoms with Crippen LogP contribution in [0.4, 0.5) is 8.78 Å². The van der Waals surface area contributed by atoms with E-state index in [0.29, 0.717) is 36.7 Å². The summed E-state index contributed by atoms with van der Waals surface area (Å²) in [5.41, 5.74) is 1.39. The lowest BCUT2D eigenvalue weighted by Gasteiger charge is -2.37. The van der Waals surface area contributed by atoms with Gasteiger partial charge in [0.2, 0.25) is 5.91 Å². The Morgan fingerprint density at radius 2 is 1.74 bits per heavy atom. The predicted octanol–water partition coefficient (Wildman–Crippen LogP) is 4.32. The number of carbonyl (C=O) groups is 1. The van der Waals surface area contributed by atoms with E-state index >= 15 is 0 Å². The summed E-state index contributed by atoms with van der Waals surface area (Å²) < 4.78 is 27.9. The van der Waals surface area contributed by atoms with Crippen LogP contribution in [0.3, 0.4) is 0 Å². The smallest absolute Gasteiger partial charge is 0.250 e. The summed E-state index contributed by atoms with van der Waals surface area (Å²) >= 11 is 0. The number of halogens is 2. The number of nitrogens with zero attached hydrogens (tertiary/aromatic N) is 1. The van der Waals surface area contributed by atoms with Gasteiger partial charge in [0, 0.05) is 30.8 Å². The van der Waals surface area contributed by atoms with E-state index in [-0.39, 0.29) is 23.6 Å². The lowest BCUT2D eigenvalue weighted by Crippen LogP contribution is -2.44. The van der Waals surface area contributed by atoms with Crippen molar-refractivity contribution in [3.63, 3.8) is 0 Å². The molecule has 3 N–H and O–H groups in total. The van der Waals surface area contributed by atoms with Crippen LogP contribution in [0, 0.1) is 17.0 Å². The van der Waals surface area contributed by atoms with E-state index in [4.69, 9.17) is 5.41 Å². The topological polar surface area (TPSA) is 84.6 Å². The maximum Gasteiger partial charge on any atom is 0.250 e. The number of likely N-dealkylation sites (tertiary alicyclic amines) is 1. The molecule has 2 unspecified atom stereocenters. The van der Waals surface area contributed by atoms with Crippen molar-refractivity contribution in [3.8, 4) is 0 Å². The number of amides is 1. The fourth-order valence-electron chi connectivity index (χ4n) is 4.10. The molecule has 1 aliphatic heterocycles. The van der Waals surface area contributed by atoms with E-state index in [1.165, 1.54) is 24.3 Å². The number of piperidine rings is 1. The molecule has 0 aromatic heterocycles. The second kappa shape index (κ2) is 10.3. The third-order valence-electron chi connectivity index (χ3n) is 5.65. The van der Waals surface area contributed by atoms with Crippen LogP contribution >= 0.6 is 0 Å². The van der Waals surface area contributed by atoms with Crippen LogP contribution < -0.4 is 0 Å². The van der Waals surface area contributed by atoms with E-state index in [2.05, 4.69) is 0 Å². The van der Waals surface area contributed by atoms with E-state index in [1.54, 1.807) is 29.2 Å². The first kappa shape index (κ1) is 22.6. The zero-order valence-corrected chi connectivity index (χ0v) is 17.0. The molecule has 1 aliphatic rings. The standard InChI is InChI=1S/C24H26F2N2O3/c25-18-7-3-5-16(11-18)21(17-6-4-8-19(26)12-17)13-20-9-1-2-10-28(20)24(31)14-22(29)23(30)15-27/h3-8,11-12,14-15,20-21,23,27,29-30H,1-2,9-10,13H2/b22-14-,27-15?. The van der Waals surface area contributed by atoms with E-state index in [1.807, 2.05) is 0 Å². The van der Waals surface area contributed by atoms with Crippen molar-refractivity contribution in [3.05, 3.63) is 83.1 Å². The highest BCUT2D eigenvalue weighted by molar-refractivity contribution is 5.89. The molecule has 0 bridgehead atoms. The van der Waals surface area contributed by atoms with Gasteiger partial charge in [-0.2, -0.15) is 0 Å². The highest BCUT2D eigenvalue weighted by Crippen LogP contribution is 2.34. The summed E-state index contributed by atoms with van der Waals surface area (Å²) in [7, 11) is 0. The molecule has 0 spiro atoms. The van der Waals surface area contributed by atoms with Crippen LogP contribution in [0.1, 0.15) is 42.7 Å². The molecule has 2 atom stereocenters. The Morgan fingerprint density at radius 3 is 2.29 bits per heavy atom. The molecule has 164 valence electrons. The van der Waals surface area contributed by atoms with Crippen LogP contribution in [0.15, 0.2) is 60.4 Å². The Morgan fingerprint density at radius 1 is 1.13 bits per heavy atom. The lowest BCUT2D eigenvalue weighted by atomic mass is 9.83. The van der Waals surface area contributed by atoms with Crippen molar-refractivity contribution < 1.29 is 23.8 Å². The van der Waals surface area contributed by atoms with Crippen molar-refractivity contribution in [2.24, 2.45) is 0 Å². The second-order valence-electron chi connectivity index (χ2n) is 7.76. The minimum atomic E-state index is -1.53. The van der Waals surface area contributed by atoms with Gasteiger partial charge in [-0.15, -0.1) is 0 Å². The maximum atomic E-state index is 13.9. The molecular weight excluding hydrogens is 402 g/mol. The Hall–Kier alpha value is -3.06. The number of aliphatic hydroxyl groups is 2. The average Bonchev–Trinajstić information content (AvgIpc) is 2.77. The van der Waals surface area contributed by atoms with Crippen molar-refractivity contribution in [1.82, 2.24) is 4.90 Å². The van der Waals surface area contributed by atoms with Crippen LogP contribution in [-0.4, -0.2) is 45.9 Å². The summed E-state index contributed by atoms with van der Waals surface area (Å²) in [5.74, 6) is -2.14. The number of hydrogen-bond donors (Lipinski definition) is 3. The molecule has 1 saturated heterocycles. The van der Waals surface area contributed by atoms with Gasteiger partial charge in [-0.1, -0.05) is 24.3 Å². The van der Waals surface area contributed by atoms with Crippen molar-refractivity contribution >= 4 is 12.1 Å². The molecule has 2 aromatic carbocycles. The molecule has 5 nitrogen and oxygen atoms in total. The highest BCUT2D eigenvalue weighted by atomic mass is 19.1. The first-order chi connectivity index (χ1) is 14.9. The van der Waals surface area contributed by atoms with Gasteiger partial charge >= 0.3 is 0 Å². The molecular formula is C24H26F2N2O3. The number of nitrogens with one attached hydrogen (secondary N) is 1. The van der Waals surface area contributed by atoms with Gasteiger partial charge < -0.3 is 20.5 Å². The predicted molar refractivity (Wildman–Crippen MR) is 114 cm³/mol.